The third-order valence-electron chi connectivity index (χ3n) is 5.00. The molecule has 0 radical (unpaired) electrons. The van der Waals surface area contributed by atoms with E-state index in [0.717, 1.165) is 5.56 Å². The van der Waals surface area contributed by atoms with Gasteiger partial charge in [-0.05, 0) is 31.4 Å². The van der Waals surface area contributed by atoms with Crippen molar-refractivity contribution in [1.29, 1.82) is 0 Å². The van der Waals surface area contributed by atoms with Crippen LogP contribution in [0.3, 0.4) is 0 Å². The lowest BCUT2D eigenvalue weighted by atomic mass is 9.97. The van der Waals surface area contributed by atoms with Crippen molar-refractivity contribution in [3.63, 3.8) is 0 Å². The lowest BCUT2D eigenvalue weighted by Gasteiger charge is -2.31. The van der Waals surface area contributed by atoms with Gasteiger partial charge in [-0.2, -0.15) is 0 Å². The fourth-order valence-electron chi connectivity index (χ4n) is 3.37. The molecule has 3 rings (SSSR count). The molecule has 30 heavy (non-hydrogen) atoms. The summed E-state index contributed by atoms with van der Waals surface area (Å²) in [6, 6.07) is 6.98. The van der Waals surface area contributed by atoms with Gasteiger partial charge in [-0.1, -0.05) is 18.2 Å². The molecule has 1 aliphatic rings. The first-order chi connectivity index (χ1) is 14.4. The highest BCUT2D eigenvalue weighted by Crippen LogP contribution is 2.33. The predicted octanol–water partition coefficient (Wildman–Crippen LogP) is 1.84. The first kappa shape index (κ1) is 21.0. The molecule has 1 aromatic carbocycles. The Morgan fingerprint density at radius 1 is 1.23 bits per heavy atom. The van der Waals surface area contributed by atoms with Crippen LogP contribution in [0.15, 0.2) is 30.6 Å². The number of hydrogen-bond acceptors (Lipinski definition) is 9. The largest absolute Gasteiger partial charge is 0.469 e. The van der Waals surface area contributed by atoms with Crippen LogP contribution in [0.25, 0.3) is 0 Å². The highest BCUT2D eigenvalue weighted by Gasteiger charge is 2.32. The van der Waals surface area contributed by atoms with E-state index in [4.69, 9.17) is 4.74 Å². The summed E-state index contributed by atoms with van der Waals surface area (Å²) in [5.74, 6) is -0.958. The van der Waals surface area contributed by atoms with E-state index in [-0.39, 0.29) is 29.2 Å². The maximum absolute atomic E-state index is 12.4. The lowest BCUT2D eigenvalue weighted by Crippen LogP contribution is -2.38. The summed E-state index contributed by atoms with van der Waals surface area (Å²) >= 11 is 0. The number of piperidine rings is 1. The van der Waals surface area contributed by atoms with Gasteiger partial charge in [0.25, 0.3) is 5.91 Å². The van der Waals surface area contributed by atoms with Crippen LogP contribution < -0.4 is 15.8 Å². The second kappa shape index (κ2) is 9.16. The van der Waals surface area contributed by atoms with Crippen molar-refractivity contribution in [1.82, 2.24) is 15.4 Å². The number of hydrazine groups is 1. The number of rotatable bonds is 6. The number of carbonyl (C=O) groups excluding carboxylic acids is 2. The summed E-state index contributed by atoms with van der Waals surface area (Å²) < 4.78 is 4.77. The average Bonchev–Trinajstić information content (AvgIpc) is 2.77. The van der Waals surface area contributed by atoms with Gasteiger partial charge >= 0.3 is 11.7 Å². The van der Waals surface area contributed by atoms with E-state index in [1.54, 1.807) is 30.0 Å². The molecule has 2 aromatic rings. The number of nitrogens with zero attached hydrogens (tertiary/aromatic N) is 4. The smallest absolute Gasteiger partial charge is 0.355 e. The van der Waals surface area contributed by atoms with Crippen molar-refractivity contribution in [2.24, 2.45) is 5.92 Å². The molecule has 11 heteroatoms. The number of benzene rings is 1. The Kier molecular flexibility index (Phi) is 6.40. The Morgan fingerprint density at radius 3 is 2.57 bits per heavy atom. The van der Waals surface area contributed by atoms with Gasteiger partial charge in [-0.3, -0.25) is 30.6 Å². The molecule has 0 bridgehead atoms. The van der Waals surface area contributed by atoms with Crippen molar-refractivity contribution >= 4 is 29.2 Å². The number of ether oxygens (including phenoxy) is 1. The van der Waals surface area contributed by atoms with E-state index in [1.807, 2.05) is 6.07 Å². The standard InChI is InChI=1S/C19H22N6O5/c1-12-5-3-4-6-14(12)18(26)23-22-16-15(25(28)29)17(21-11-20-16)24-9-7-13(8-10-24)19(27)30-2/h3-6,11,13H,7-10H2,1-2H3,(H,23,26)(H,20,21,22). The second-order valence-electron chi connectivity index (χ2n) is 6.83. The van der Waals surface area contributed by atoms with Crippen molar-refractivity contribution in [3.8, 4) is 0 Å². The van der Waals surface area contributed by atoms with Crippen LogP contribution in [-0.2, 0) is 9.53 Å². The number of hydrogen-bond donors (Lipinski definition) is 2. The van der Waals surface area contributed by atoms with Gasteiger partial charge in [0.15, 0.2) is 0 Å². The molecule has 2 N–H and O–H groups in total. The number of aryl methyl sites for hydroxylation is 1. The van der Waals surface area contributed by atoms with Crippen molar-refractivity contribution in [2.45, 2.75) is 19.8 Å². The van der Waals surface area contributed by atoms with Crippen molar-refractivity contribution in [2.75, 3.05) is 30.5 Å². The van der Waals surface area contributed by atoms with Crippen LogP contribution in [0.4, 0.5) is 17.3 Å². The highest BCUT2D eigenvalue weighted by molar-refractivity contribution is 5.96. The Hall–Kier alpha value is -3.76. The minimum Gasteiger partial charge on any atom is -0.469 e. The number of esters is 1. The maximum atomic E-state index is 12.4. The Bertz CT molecular complexity index is 958. The third-order valence-corrected chi connectivity index (χ3v) is 5.00. The first-order valence-corrected chi connectivity index (χ1v) is 9.36. The monoisotopic (exact) mass is 414 g/mol. The molecule has 1 aliphatic heterocycles. The summed E-state index contributed by atoms with van der Waals surface area (Å²) in [4.78, 5) is 45.0. The topological polar surface area (TPSA) is 140 Å². The summed E-state index contributed by atoms with van der Waals surface area (Å²) in [5.41, 5.74) is 5.85. The fraction of sp³-hybridized carbons (Fsp3) is 0.368. The number of methoxy groups -OCH3 is 1. The van der Waals surface area contributed by atoms with E-state index >= 15 is 0 Å². The SMILES string of the molecule is COC(=O)C1CCN(c2ncnc(NNC(=O)c3ccccc3C)c2[N+](=O)[O-])CC1. The predicted molar refractivity (Wildman–Crippen MR) is 108 cm³/mol. The maximum Gasteiger partial charge on any atom is 0.355 e. The number of carbonyl (C=O) groups is 2. The third kappa shape index (κ3) is 4.45. The molecule has 1 saturated heterocycles. The van der Waals surface area contributed by atoms with E-state index in [0.29, 0.717) is 31.5 Å². The van der Waals surface area contributed by atoms with Gasteiger partial charge in [-0.25, -0.2) is 9.97 Å². The number of aromatic nitrogens is 2. The summed E-state index contributed by atoms with van der Waals surface area (Å²) in [5, 5.41) is 11.7. The van der Waals surface area contributed by atoms with Crippen LogP contribution in [0.2, 0.25) is 0 Å². The van der Waals surface area contributed by atoms with Gasteiger partial charge in [0.1, 0.15) is 6.33 Å². The minimum absolute atomic E-state index is 0.123. The number of anilines is 2. The Balaban J connectivity index is 1.77. The van der Waals surface area contributed by atoms with Crippen LogP contribution in [0.5, 0.6) is 0 Å². The van der Waals surface area contributed by atoms with Crippen molar-refractivity contribution < 1.29 is 19.2 Å². The molecular formula is C19H22N6O5. The lowest BCUT2D eigenvalue weighted by molar-refractivity contribution is -0.383. The van der Waals surface area contributed by atoms with Gasteiger partial charge < -0.3 is 9.64 Å². The molecule has 0 spiro atoms. The first-order valence-electron chi connectivity index (χ1n) is 9.36. The Labute approximate surface area is 172 Å². The molecule has 0 unspecified atom stereocenters. The molecule has 158 valence electrons. The molecule has 1 amide bonds. The minimum atomic E-state index is -0.593. The molecule has 0 saturated carbocycles. The number of amides is 1. The van der Waals surface area contributed by atoms with Gasteiger partial charge in [-0.15, -0.1) is 0 Å². The van der Waals surface area contributed by atoms with E-state index in [1.165, 1.54) is 13.4 Å². The molecular weight excluding hydrogens is 392 g/mol. The average molecular weight is 414 g/mol. The molecule has 1 aromatic heterocycles. The quantitative estimate of drug-likeness (QED) is 0.411. The number of nitro groups is 1. The van der Waals surface area contributed by atoms with Crippen LogP contribution in [0, 0.1) is 23.0 Å². The van der Waals surface area contributed by atoms with Crippen LogP contribution >= 0.6 is 0 Å². The molecule has 1 fully saturated rings. The summed E-state index contributed by atoms with van der Waals surface area (Å²) in [6.45, 7) is 2.61. The van der Waals surface area contributed by atoms with E-state index < -0.39 is 10.8 Å². The normalized spacial score (nSPS) is 14.1. The van der Waals surface area contributed by atoms with E-state index in [2.05, 4.69) is 20.8 Å². The zero-order valence-electron chi connectivity index (χ0n) is 16.6. The van der Waals surface area contributed by atoms with Crippen LogP contribution in [0.1, 0.15) is 28.8 Å². The zero-order valence-corrected chi connectivity index (χ0v) is 16.6. The van der Waals surface area contributed by atoms with Crippen molar-refractivity contribution in [3.05, 3.63) is 51.8 Å². The molecule has 11 nitrogen and oxygen atoms in total. The highest BCUT2D eigenvalue weighted by atomic mass is 16.6. The second-order valence-corrected chi connectivity index (χ2v) is 6.83. The zero-order chi connectivity index (χ0) is 21.7. The summed E-state index contributed by atoms with van der Waals surface area (Å²) in [7, 11) is 1.34. The number of nitrogens with one attached hydrogen (secondary N) is 2. The molecule has 0 aliphatic carbocycles. The Morgan fingerprint density at radius 2 is 1.93 bits per heavy atom. The molecule has 0 atom stereocenters. The van der Waals surface area contributed by atoms with Crippen LogP contribution in [-0.4, -0.2) is 47.0 Å². The van der Waals surface area contributed by atoms with Gasteiger partial charge in [0.05, 0.1) is 18.0 Å². The molecule has 2 heterocycles. The van der Waals surface area contributed by atoms with Gasteiger partial charge in [0, 0.05) is 18.7 Å². The fourth-order valence-corrected chi connectivity index (χ4v) is 3.37. The summed E-state index contributed by atoms with van der Waals surface area (Å²) in [6.07, 6.45) is 2.19. The van der Waals surface area contributed by atoms with E-state index in [9.17, 15) is 19.7 Å². The van der Waals surface area contributed by atoms with Gasteiger partial charge in [0.2, 0.25) is 11.6 Å².